The number of aryl methyl sites for hydroxylation is 1. The number of fused-ring (bicyclic) bond motifs is 1. The third-order valence-corrected chi connectivity index (χ3v) is 5.24. The Hall–Kier alpha value is -2.06. The van der Waals surface area contributed by atoms with Crippen molar-refractivity contribution < 1.29 is 4.79 Å². The molecule has 3 rings (SSSR count). The molecule has 1 N–H and O–H groups in total. The van der Waals surface area contributed by atoms with Crippen LogP contribution in [-0.4, -0.2) is 38.3 Å². The Morgan fingerprint density at radius 2 is 2.12 bits per heavy atom. The second-order valence-corrected chi connectivity index (χ2v) is 6.98. The predicted molar refractivity (Wildman–Crippen MR) is 97.5 cm³/mol. The van der Waals surface area contributed by atoms with Crippen molar-refractivity contribution in [1.82, 2.24) is 23.9 Å². The first-order valence-corrected chi connectivity index (χ1v) is 9.40. The third kappa shape index (κ3) is 4.07. The van der Waals surface area contributed by atoms with E-state index in [9.17, 15) is 4.79 Å². The summed E-state index contributed by atoms with van der Waals surface area (Å²) in [5.74, 6) is 0. The molecule has 2 aromatic heterocycles. The number of aromatic nitrogens is 3. The Bertz CT molecular complexity index is 829. The van der Waals surface area contributed by atoms with Crippen LogP contribution in [0.25, 0.3) is 11.0 Å². The van der Waals surface area contributed by atoms with Crippen molar-refractivity contribution in [3.63, 3.8) is 0 Å². The molecule has 0 aliphatic heterocycles. The second-order valence-electron chi connectivity index (χ2n) is 5.51. The van der Waals surface area contributed by atoms with Crippen LogP contribution in [0.2, 0.25) is 0 Å². The van der Waals surface area contributed by atoms with Gasteiger partial charge in [-0.05, 0) is 24.1 Å². The highest BCUT2D eigenvalue weighted by atomic mass is 32.1. The van der Waals surface area contributed by atoms with Crippen molar-refractivity contribution in [2.45, 2.75) is 26.3 Å². The van der Waals surface area contributed by atoms with Crippen LogP contribution in [-0.2, 0) is 19.4 Å². The maximum Gasteiger partial charge on any atom is 0.317 e. The molecular weight excluding hydrogens is 342 g/mol. The fraction of sp³-hybridized carbons (Fsp3) is 0.375. The normalized spacial score (nSPS) is 10.9. The van der Waals surface area contributed by atoms with Crippen LogP contribution in [0, 0.1) is 0 Å². The van der Waals surface area contributed by atoms with Gasteiger partial charge >= 0.3 is 6.03 Å². The van der Waals surface area contributed by atoms with Crippen molar-refractivity contribution >= 4 is 40.1 Å². The molecule has 0 atom stereocenters. The summed E-state index contributed by atoms with van der Waals surface area (Å²) in [6.45, 7) is 3.22. The fourth-order valence-corrected chi connectivity index (χ4v) is 3.63. The van der Waals surface area contributed by atoms with Gasteiger partial charge in [-0.2, -0.15) is 8.75 Å². The van der Waals surface area contributed by atoms with Crippen LogP contribution in [0.15, 0.2) is 23.6 Å². The standard InChI is InChI=1S/C16H19N5OS2/c1-3-15-18-12(10-23-15)6-7-17-16(22)21(2)9-11-4-5-13-14(8-11)20-24-19-13/h4-5,8,10H,3,6-7,9H2,1-2H3,(H,17,22). The quantitative estimate of drug-likeness (QED) is 0.732. The number of rotatable bonds is 6. The molecule has 0 aliphatic carbocycles. The molecule has 24 heavy (non-hydrogen) atoms. The molecule has 0 fully saturated rings. The van der Waals surface area contributed by atoms with E-state index in [1.807, 2.05) is 18.2 Å². The number of amides is 2. The van der Waals surface area contributed by atoms with E-state index < -0.39 is 0 Å². The third-order valence-electron chi connectivity index (χ3n) is 3.64. The van der Waals surface area contributed by atoms with Crippen LogP contribution in [0.4, 0.5) is 4.79 Å². The lowest BCUT2D eigenvalue weighted by Gasteiger charge is -2.18. The lowest BCUT2D eigenvalue weighted by Crippen LogP contribution is -2.37. The van der Waals surface area contributed by atoms with Gasteiger partial charge in [0.2, 0.25) is 0 Å². The minimum absolute atomic E-state index is 0.0857. The molecule has 2 amide bonds. The van der Waals surface area contributed by atoms with E-state index in [0.717, 1.165) is 40.1 Å². The molecule has 8 heteroatoms. The zero-order valence-corrected chi connectivity index (χ0v) is 15.3. The first-order chi connectivity index (χ1) is 11.7. The lowest BCUT2D eigenvalue weighted by molar-refractivity contribution is 0.207. The number of nitrogens with one attached hydrogen (secondary N) is 1. The summed E-state index contributed by atoms with van der Waals surface area (Å²) in [5.41, 5.74) is 3.85. The highest BCUT2D eigenvalue weighted by Crippen LogP contribution is 2.15. The summed E-state index contributed by atoms with van der Waals surface area (Å²) in [6, 6.07) is 5.81. The number of carbonyl (C=O) groups is 1. The first kappa shape index (κ1) is 16.8. The Balaban J connectivity index is 1.48. The zero-order chi connectivity index (χ0) is 16.9. The average Bonchev–Trinajstić information content (AvgIpc) is 3.23. The Labute approximate surface area is 148 Å². The molecule has 0 unspecified atom stereocenters. The summed E-state index contributed by atoms with van der Waals surface area (Å²) >= 11 is 2.87. The van der Waals surface area contributed by atoms with Gasteiger partial charge in [0.05, 0.1) is 22.4 Å². The van der Waals surface area contributed by atoms with Crippen LogP contribution < -0.4 is 5.32 Å². The average molecular weight is 361 g/mol. The van der Waals surface area contributed by atoms with Gasteiger partial charge in [0.25, 0.3) is 0 Å². The Morgan fingerprint density at radius 3 is 2.92 bits per heavy atom. The Morgan fingerprint density at radius 1 is 1.29 bits per heavy atom. The predicted octanol–water partition coefficient (Wildman–Crippen LogP) is 3.09. The maximum absolute atomic E-state index is 12.2. The molecule has 1 aromatic carbocycles. The van der Waals surface area contributed by atoms with Gasteiger partial charge in [-0.1, -0.05) is 13.0 Å². The number of benzene rings is 1. The molecule has 3 aromatic rings. The number of thiazole rings is 1. The SMILES string of the molecule is CCc1nc(CCNC(=O)N(C)Cc2ccc3nsnc3c2)cs1. The summed E-state index contributed by atoms with van der Waals surface area (Å²) in [6.07, 6.45) is 1.71. The van der Waals surface area contributed by atoms with Gasteiger partial charge in [0, 0.05) is 31.9 Å². The molecule has 0 bridgehead atoms. The number of urea groups is 1. The zero-order valence-electron chi connectivity index (χ0n) is 13.7. The van der Waals surface area contributed by atoms with E-state index in [-0.39, 0.29) is 6.03 Å². The van der Waals surface area contributed by atoms with E-state index in [0.29, 0.717) is 13.1 Å². The molecule has 2 heterocycles. The maximum atomic E-state index is 12.2. The summed E-state index contributed by atoms with van der Waals surface area (Å²) in [4.78, 5) is 18.4. The molecule has 0 saturated heterocycles. The topological polar surface area (TPSA) is 71.0 Å². The van der Waals surface area contributed by atoms with E-state index in [1.54, 1.807) is 23.3 Å². The molecule has 6 nitrogen and oxygen atoms in total. The van der Waals surface area contributed by atoms with Crippen molar-refractivity contribution in [3.05, 3.63) is 39.8 Å². The molecule has 0 aliphatic rings. The molecule has 126 valence electrons. The number of nitrogens with zero attached hydrogens (tertiary/aromatic N) is 4. The van der Waals surface area contributed by atoms with E-state index in [2.05, 4.69) is 31.4 Å². The smallest absolute Gasteiger partial charge is 0.317 e. The van der Waals surface area contributed by atoms with Gasteiger partial charge in [-0.15, -0.1) is 11.3 Å². The molecule has 0 saturated carbocycles. The van der Waals surface area contributed by atoms with E-state index in [4.69, 9.17) is 0 Å². The van der Waals surface area contributed by atoms with E-state index in [1.165, 1.54) is 11.7 Å². The minimum Gasteiger partial charge on any atom is -0.338 e. The van der Waals surface area contributed by atoms with Gasteiger partial charge in [-0.25, -0.2) is 9.78 Å². The van der Waals surface area contributed by atoms with Gasteiger partial charge in [0.1, 0.15) is 11.0 Å². The fourth-order valence-electron chi connectivity index (χ4n) is 2.33. The summed E-state index contributed by atoms with van der Waals surface area (Å²) < 4.78 is 8.41. The van der Waals surface area contributed by atoms with Crippen molar-refractivity contribution in [2.24, 2.45) is 0 Å². The lowest BCUT2D eigenvalue weighted by atomic mass is 10.2. The minimum atomic E-state index is -0.0857. The monoisotopic (exact) mass is 361 g/mol. The summed E-state index contributed by atoms with van der Waals surface area (Å²) in [7, 11) is 1.79. The number of carbonyl (C=O) groups excluding carboxylic acids is 1. The van der Waals surface area contributed by atoms with Crippen LogP contribution in [0.3, 0.4) is 0 Å². The highest BCUT2D eigenvalue weighted by molar-refractivity contribution is 7.09. The van der Waals surface area contributed by atoms with Crippen LogP contribution in [0.1, 0.15) is 23.2 Å². The second kappa shape index (κ2) is 7.67. The highest BCUT2D eigenvalue weighted by Gasteiger charge is 2.10. The summed E-state index contributed by atoms with van der Waals surface area (Å²) in [5, 5.41) is 6.14. The molecular formula is C16H19N5OS2. The first-order valence-electron chi connectivity index (χ1n) is 7.79. The molecule has 0 radical (unpaired) electrons. The van der Waals surface area contributed by atoms with Crippen molar-refractivity contribution in [2.75, 3.05) is 13.6 Å². The van der Waals surface area contributed by atoms with Gasteiger partial charge in [-0.3, -0.25) is 0 Å². The molecule has 0 spiro atoms. The Kier molecular flexibility index (Phi) is 5.37. The van der Waals surface area contributed by atoms with E-state index >= 15 is 0 Å². The van der Waals surface area contributed by atoms with Crippen molar-refractivity contribution in [3.8, 4) is 0 Å². The van der Waals surface area contributed by atoms with Gasteiger partial charge < -0.3 is 10.2 Å². The van der Waals surface area contributed by atoms with Crippen LogP contribution >= 0.6 is 23.1 Å². The largest absolute Gasteiger partial charge is 0.338 e. The van der Waals surface area contributed by atoms with Crippen LogP contribution in [0.5, 0.6) is 0 Å². The number of hydrogen-bond acceptors (Lipinski definition) is 6. The number of hydrogen-bond donors (Lipinski definition) is 1. The van der Waals surface area contributed by atoms with Crippen molar-refractivity contribution in [1.29, 1.82) is 0 Å². The van der Waals surface area contributed by atoms with Gasteiger partial charge in [0.15, 0.2) is 0 Å².